The normalized spacial score (nSPS) is 12.5. The van der Waals surface area contributed by atoms with E-state index in [0.717, 1.165) is 19.5 Å². The smallest absolute Gasteiger partial charge is 0.0694 e. The van der Waals surface area contributed by atoms with Crippen LogP contribution in [0, 0.1) is 5.92 Å². The van der Waals surface area contributed by atoms with Crippen molar-refractivity contribution in [3.63, 3.8) is 0 Å². The standard InChI is InChI=1S/C14H25N3/c1-6-14-13(10-17(5)16-14)7-12(4)9-15-8-11(2)3/h7,10-11,15H,6,8-9H2,1-5H3/b12-7-. The molecule has 0 atom stereocenters. The number of nitrogens with one attached hydrogen (secondary N) is 1. The summed E-state index contributed by atoms with van der Waals surface area (Å²) in [7, 11) is 1.98. The van der Waals surface area contributed by atoms with Crippen molar-refractivity contribution in [1.82, 2.24) is 15.1 Å². The SMILES string of the molecule is CCc1nn(C)cc1/C=C(/C)CNCC(C)C. The van der Waals surface area contributed by atoms with Crippen molar-refractivity contribution in [3.8, 4) is 0 Å². The van der Waals surface area contributed by atoms with Gasteiger partial charge in [-0.1, -0.05) is 32.4 Å². The van der Waals surface area contributed by atoms with Gasteiger partial charge < -0.3 is 5.32 Å². The van der Waals surface area contributed by atoms with E-state index in [1.165, 1.54) is 16.8 Å². The Morgan fingerprint density at radius 3 is 2.82 bits per heavy atom. The first-order valence-corrected chi connectivity index (χ1v) is 6.43. The van der Waals surface area contributed by atoms with Gasteiger partial charge in [-0.05, 0) is 25.8 Å². The largest absolute Gasteiger partial charge is 0.313 e. The van der Waals surface area contributed by atoms with Crippen molar-refractivity contribution in [2.24, 2.45) is 13.0 Å². The van der Waals surface area contributed by atoms with E-state index >= 15 is 0 Å². The first-order chi connectivity index (χ1) is 8.02. The molecule has 3 nitrogen and oxygen atoms in total. The zero-order chi connectivity index (χ0) is 12.8. The quantitative estimate of drug-likeness (QED) is 0.821. The van der Waals surface area contributed by atoms with Gasteiger partial charge in [-0.3, -0.25) is 4.68 Å². The minimum Gasteiger partial charge on any atom is -0.313 e. The molecule has 1 N–H and O–H groups in total. The Bertz CT molecular complexity index is 375. The maximum absolute atomic E-state index is 4.44. The van der Waals surface area contributed by atoms with E-state index in [1.54, 1.807) is 0 Å². The van der Waals surface area contributed by atoms with Crippen LogP contribution in [0.2, 0.25) is 0 Å². The molecule has 0 fully saturated rings. The molecule has 1 rings (SSSR count). The monoisotopic (exact) mass is 235 g/mol. The summed E-state index contributed by atoms with van der Waals surface area (Å²) in [6, 6.07) is 0. The Kier molecular flexibility index (Phi) is 5.42. The summed E-state index contributed by atoms with van der Waals surface area (Å²) >= 11 is 0. The van der Waals surface area contributed by atoms with Crippen molar-refractivity contribution in [2.75, 3.05) is 13.1 Å². The lowest BCUT2D eigenvalue weighted by molar-refractivity contribution is 0.572. The number of aromatic nitrogens is 2. The summed E-state index contributed by atoms with van der Waals surface area (Å²) < 4.78 is 1.89. The number of aryl methyl sites for hydroxylation is 2. The Morgan fingerprint density at radius 1 is 1.53 bits per heavy atom. The molecule has 0 spiro atoms. The Morgan fingerprint density at radius 2 is 2.24 bits per heavy atom. The fourth-order valence-corrected chi connectivity index (χ4v) is 1.82. The van der Waals surface area contributed by atoms with Crippen LogP contribution in [0.4, 0.5) is 0 Å². The van der Waals surface area contributed by atoms with Gasteiger partial charge in [-0.15, -0.1) is 0 Å². The van der Waals surface area contributed by atoms with Crippen LogP contribution < -0.4 is 5.32 Å². The topological polar surface area (TPSA) is 29.9 Å². The fourth-order valence-electron chi connectivity index (χ4n) is 1.82. The van der Waals surface area contributed by atoms with E-state index in [-0.39, 0.29) is 0 Å². The maximum atomic E-state index is 4.44. The van der Waals surface area contributed by atoms with Crippen molar-refractivity contribution in [3.05, 3.63) is 23.0 Å². The Labute approximate surface area is 105 Å². The minimum atomic E-state index is 0.701. The summed E-state index contributed by atoms with van der Waals surface area (Å²) in [5, 5.41) is 7.90. The lowest BCUT2D eigenvalue weighted by Crippen LogP contribution is -2.21. The second-order valence-electron chi connectivity index (χ2n) is 5.07. The molecule has 1 heterocycles. The average molecular weight is 235 g/mol. The molecule has 0 aliphatic rings. The first kappa shape index (κ1) is 14.0. The lowest BCUT2D eigenvalue weighted by atomic mass is 10.1. The molecule has 3 heteroatoms. The zero-order valence-corrected chi connectivity index (χ0v) is 11.7. The second kappa shape index (κ2) is 6.60. The van der Waals surface area contributed by atoms with Crippen LogP contribution in [-0.2, 0) is 13.5 Å². The van der Waals surface area contributed by atoms with Crippen LogP contribution in [0.5, 0.6) is 0 Å². The van der Waals surface area contributed by atoms with Gasteiger partial charge in [0.15, 0.2) is 0 Å². The molecule has 0 radical (unpaired) electrons. The van der Waals surface area contributed by atoms with E-state index < -0.39 is 0 Å². The molecule has 0 amide bonds. The molecule has 0 bridgehead atoms. The summed E-state index contributed by atoms with van der Waals surface area (Å²) in [5.74, 6) is 0.701. The van der Waals surface area contributed by atoms with Crippen LogP contribution in [-0.4, -0.2) is 22.9 Å². The molecule has 1 aromatic rings. The molecule has 0 saturated carbocycles. The van der Waals surface area contributed by atoms with Crippen molar-refractivity contribution < 1.29 is 0 Å². The van der Waals surface area contributed by atoms with Crippen LogP contribution in [0.3, 0.4) is 0 Å². The minimum absolute atomic E-state index is 0.701. The van der Waals surface area contributed by atoms with Crippen LogP contribution >= 0.6 is 0 Å². The van der Waals surface area contributed by atoms with E-state index in [4.69, 9.17) is 0 Å². The number of hydrogen-bond acceptors (Lipinski definition) is 2. The number of nitrogens with zero attached hydrogens (tertiary/aromatic N) is 2. The zero-order valence-electron chi connectivity index (χ0n) is 11.7. The number of rotatable bonds is 6. The Hall–Kier alpha value is -1.09. The molecule has 0 saturated heterocycles. The third-order valence-electron chi connectivity index (χ3n) is 2.63. The molecule has 0 aromatic carbocycles. The average Bonchev–Trinajstić information content (AvgIpc) is 2.58. The van der Waals surface area contributed by atoms with E-state index in [1.807, 2.05) is 11.7 Å². The van der Waals surface area contributed by atoms with Crippen molar-refractivity contribution in [1.29, 1.82) is 0 Å². The highest BCUT2D eigenvalue weighted by atomic mass is 15.2. The van der Waals surface area contributed by atoms with Gasteiger partial charge in [-0.25, -0.2) is 0 Å². The van der Waals surface area contributed by atoms with E-state index in [9.17, 15) is 0 Å². The summed E-state index contributed by atoms with van der Waals surface area (Å²) in [4.78, 5) is 0. The van der Waals surface area contributed by atoms with Gasteiger partial charge in [0.25, 0.3) is 0 Å². The molecule has 96 valence electrons. The first-order valence-electron chi connectivity index (χ1n) is 6.43. The fraction of sp³-hybridized carbons (Fsp3) is 0.643. The molecule has 0 aliphatic heterocycles. The van der Waals surface area contributed by atoms with E-state index in [0.29, 0.717) is 5.92 Å². The molecule has 17 heavy (non-hydrogen) atoms. The van der Waals surface area contributed by atoms with Crippen molar-refractivity contribution in [2.45, 2.75) is 34.1 Å². The molecular weight excluding hydrogens is 210 g/mol. The predicted molar refractivity (Wildman–Crippen MR) is 73.9 cm³/mol. The molecular formula is C14H25N3. The van der Waals surface area contributed by atoms with Crippen LogP contribution in [0.15, 0.2) is 11.8 Å². The van der Waals surface area contributed by atoms with Gasteiger partial charge in [0.05, 0.1) is 5.69 Å². The second-order valence-corrected chi connectivity index (χ2v) is 5.07. The maximum Gasteiger partial charge on any atom is 0.0694 e. The third-order valence-corrected chi connectivity index (χ3v) is 2.63. The molecule has 0 unspecified atom stereocenters. The highest BCUT2D eigenvalue weighted by molar-refractivity contribution is 5.54. The Balaban J connectivity index is 2.60. The van der Waals surface area contributed by atoms with Crippen molar-refractivity contribution >= 4 is 6.08 Å². The summed E-state index contributed by atoms with van der Waals surface area (Å²) in [5.41, 5.74) is 3.78. The third kappa shape index (κ3) is 4.73. The predicted octanol–water partition coefficient (Wildman–Crippen LogP) is 2.63. The molecule has 1 aromatic heterocycles. The van der Waals surface area contributed by atoms with Gasteiger partial charge in [-0.2, -0.15) is 5.10 Å². The number of hydrogen-bond donors (Lipinski definition) is 1. The lowest BCUT2D eigenvalue weighted by Gasteiger charge is -2.07. The van der Waals surface area contributed by atoms with Gasteiger partial charge >= 0.3 is 0 Å². The van der Waals surface area contributed by atoms with E-state index in [2.05, 4.69) is 50.4 Å². The molecule has 0 aliphatic carbocycles. The summed E-state index contributed by atoms with van der Waals surface area (Å²) in [6.07, 6.45) is 5.31. The summed E-state index contributed by atoms with van der Waals surface area (Å²) in [6.45, 7) is 10.8. The van der Waals surface area contributed by atoms with Crippen LogP contribution in [0.1, 0.15) is 39.0 Å². The van der Waals surface area contributed by atoms with Crippen LogP contribution in [0.25, 0.3) is 6.08 Å². The highest BCUT2D eigenvalue weighted by Crippen LogP contribution is 2.11. The highest BCUT2D eigenvalue weighted by Gasteiger charge is 2.03. The van der Waals surface area contributed by atoms with Gasteiger partial charge in [0.2, 0.25) is 0 Å². The van der Waals surface area contributed by atoms with Gasteiger partial charge in [0.1, 0.15) is 0 Å². The van der Waals surface area contributed by atoms with Gasteiger partial charge in [0, 0.05) is 25.4 Å².